The van der Waals surface area contributed by atoms with Crippen molar-refractivity contribution in [3.63, 3.8) is 0 Å². The molecule has 1 fully saturated rings. The molecule has 2 aromatic rings. The Kier molecular flexibility index (Phi) is 7.50. The molecular weight excluding hydrogens is 398 g/mol. The highest BCUT2D eigenvalue weighted by Gasteiger charge is 2.18. The molecule has 0 bridgehead atoms. The van der Waals surface area contributed by atoms with Crippen molar-refractivity contribution in [1.29, 1.82) is 0 Å². The van der Waals surface area contributed by atoms with E-state index in [2.05, 4.69) is 21.9 Å². The zero-order valence-corrected chi connectivity index (χ0v) is 18.5. The SMILES string of the molecule is Cc1ccccc1NS(=O)(=O)c1ccc(C(=O)NCCCN2CCCC[C@@H]2C)cc1. The molecule has 3 rings (SSSR count). The van der Waals surface area contributed by atoms with E-state index >= 15 is 0 Å². The number of benzene rings is 2. The topological polar surface area (TPSA) is 78.5 Å². The Bertz CT molecular complexity index is 958. The molecule has 162 valence electrons. The number of nitrogens with one attached hydrogen (secondary N) is 2. The summed E-state index contributed by atoms with van der Waals surface area (Å²) in [5.74, 6) is -0.183. The lowest BCUT2D eigenvalue weighted by molar-refractivity contribution is 0.0948. The molecule has 0 spiro atoms. The van der Waals surface area contributed by atoms with Gasteiger partial charge in [0.2, 0.25) is 0 Å². The molecule has 7 heteroatoms. The highest BCUT2D eigenvalue weighted by molar-refractivity contribution is 7.92. The number of nitrogens with zero attached hydrogens (tertiary/aromatic N) is 1. The molecule has 1 amide bonds. The lowest BCUT2D eigenvalue weighted by atomic mass is 10.0. The maximum Gasteiger partial charge on any atom is 0.261 e. The third-order valence-electron chi connectivity index (χ3n) is 5.66. The van der Waals surface area contributed by atoms with Gasteiger partial charge in [0, 0.05) is 24.7 Å². The molecule has 0 saturated carbocycles. The van der Waals surface area contributed by atoms with Gasteiger partial charge in [0.1, 0.15) is 0 Å². The van der Waals surface area contributed by atoms with Crippen LogP contribution in [0.4, 0.5) is 5.69 Å². The average Bonchev–Trinajstić information content (AvgIpc) is 2.74. The third kappa shape index (κ3) is 5.83. The van der Waals surface area contributed by atoms with Crippen LogP contribution in [0.1, 0.15) is 48.5 Å². The van der Waals surface area contributed by atoms with Crippen molar-refractivity contribution < 1.29 is 13.2 Å². The first-order chi connectivity index (χ1) is 14.4. The number of likely N-dealkylation sites (tertiary alicyclic amines) is 1. The lowest BCUT2D eigenvalue weighted by Crippen LogP contribution is -2.39. The highest BCUT2D eigenvalue weighted by Crippen LogP contribution is 2.20. The van der Waals surface area contributed by atoms with Crippen LogP contribution in [-0.4, -0.2) is 44.9 Å². The van der Waals surface area contributed by atoms with Gasteiger partial charge in [-0.3, -0.25) is 9.52 Å². The van der Waals surface area contributed by atoms with Crippen molar-refractivity contribution in [2.45, 2.75) is 50.5 Å². The van der Waals surface area contributed by atoms with E-state index in [4.69, 9.17) is 0 Å². The van der Waals surface area contributed by atoms with Crippen LogP contribution in [0.2, 0.25) is 0 Å². The molecule has 0 unspecified atom stereocenters. The molecule has 1 saturated heterocycles. The Morgan fingerprint density at radius 1 is 1.10 bits per heavy atom. The van der Waals surface area contributed by atoms with Crippen LogP contribution in [0.15, 0.2) is 53.4 Å². The molecule has 2 aromatic carbocycles. The van der Waals surface area contributed by atoms with Gasteiger partial charge in [0.15, 0.2) is 0 Å². The van der Waals surface area contributed by atoms with E-state index in [1.54, 1.807) is 24.3 Å². The maximum absolute atomic E-state index is 12.6. The summed E-state index contributed by atoms with van der Waals surface area (Å²) >= 11 is 0. The van der Waals surface area contributed by atoms with E-state index in [9.17, 15) is 13.2 Å². The van der Waals surface area contributed by atoms with Gasteiger partial charge in [-0.25, -0.2) is 8.42 Å². The van der Waals surface area contributed by atoms with Gasteiger partial charge in [-0.05, 0) is 75.5 Å². The van der Waals surface area contributed by atoms with Crippen LogP contribution in [-0.2, 0) is 10.0 Å². The van der Waals surface area contributed by atoms with Crippen molar-refractivity contribution in [2.75, 3.05) is 24.4 Å². The number of amides is 1. The molecule has 2 N–H and O–H groups in total. The van der Waals surface area contributed by atoms with Crippen LogP contribution < -0.4 is 10.0 Å². The van der Waals surface area contributed by atoms with Gasteiger partial charge in [-0.2, -0.15) is 0 Å². The van der Waals surface area contributed by atoms with Gasteiger partial charge in [0.05, 0.1) is 10.6 Å². The smallest absolute Gasteiger partial charge is 0.261 e. The zero-order valence-electron chi connectivity index (χ0n) is 17.7. The standard InChI is InChI=1S/C23H31N3O3S/c1-18-8-3-4-10-22(18)25-30(28,29)21-13-11-20(12-14-21)23(27)24-15-7-17-26-16-6-5-9-19(26)2/h3-4,8,10-14,19,25H,5-7,9,15-17H2,1-2H3,(H,24,27)/t19-/m0/s1. The number of anilines is 1. The Morgan fingerprint density at radius 3 is 2.53 bits per heavy atom. The fourth-order valence-electron chi connectivity index (χ4n) is 3.75. The zero-order chi connectivity index (χ0) is 21.6. The molecule has 1 atom stereocenters. The summed E-state index contributed by atoms with van der Waals surface area (Å²) in [5.41, 5.74) is 1.84. The van der Waals surface area contributed by atoms with E-state index in [0.29, 0.717) is 23.8 Å². The van der Waals surface area contributed by atoms with Gasteiger partial charge in [0.25, 0.3) is 15.9 Å². The number of hydrogen-bond donors (Lipinski definition) is 2. The molecule has 0 aromatic heterocycles. The average molecular weight is 430 g/mol. The Hall–Kier alpha value is -2.38. The van der Waals surface area contributed by atoms with Gasteiger partial charge in [-0.1, -0.05) is 24.6 Å². The van der Waals surface area contributed by atoms with E-state index in [1.165, 1.54) is 31.4 Å². The summed E-state index contributed by atoms with van der Waals surface area (Å²) in [5, 5.41) is 2.93. The van der Waals surface area contributed by atoms with Crippen molar-refractivity contribution in [3.8, 4) is 0 Å². The van der Waals surface area contributed by atoms with Crippen LogP contribution in [0, 0.1) is 6.92 Å². The van der Waals surface area contributed by atoms with Crippen molar-refractivity contribution >= 4 is 21.6 Å². The number of aryl methyl sites for hydroxylation is 1. The fourth-order valence-corrected chi connectivity index (χ4v) is 4.88. The molecule has 0 aliphatic carbocycles. The van der Waals surface area contributed by atoms with E-state index in [1.807, 2.05) is 19.1 Å². The number of piperidine rings is 1. The minimum Gasteiger partial charge on any atom is -0.352 e. The highest BCUT2D eigenvalue weighted by atomic mass is 32.2. The van der Waals surface area contributed by atoms with E-state index in [0.717, 1.165) is 25.1 Å². The minimum atomic E-state index is -3.70. The second-order valence-corrected chi connectivity index (χ2v) is 9.62. The first-order valence-corrected chi connectivity index (χ1v) is 12.1. The molecule has 1 heterocycles. The lowest BCUT2D eigenvalue weighted by Gasteiger charge is -2.33. The minimum absolute atomic E-state index is 0.126. The number of hydrogen-bond acceptors (Lipinski definition) is 4. The van der Waals surface area contributed by atoms with Crippen molar-refractivity contribution in [3.05, 3.63) is 59.7 Å². The molecule has 30 heavy (non-hydrogen) atoms. The maximum atomic E-state index is 12.6. The van der Waals surface area contributed by atoms with Gasteiger partial charge < -0.3 is 10.2 Å². The first-order valence-electron chi connectivity index (χ1n) is 10.6. The van der Waals surface area contributed by atoms with E-state index in [-0.39, 0.29) is 10.8 Å². The van der Waals surface area contributed by atoms with Crippen molar-refractivity contribution in [2.24, 2.45) is 0 Å². The predicted molar refractivity (Wildman–Crippen MR) is 120 cm³/mol. The Labute approximate surface area is 179 Å². The van der Waals surface area contributed by atoms with Crippen LogP contribution >= 0.6 is 0 Å². The largest absolute Gasteiger partial charge is 0.352 e. The number of rotatable bonds is 8. The number of sulfonamides is 1. The Balaban J connectivity index is 1.51. The van der Waals surface area contributed by atoms with Crippen molar-refractivity contribution in [1.82, 2.24) is 10.2 Å². The first kappa shape index (κ1) is 22.3. The normalized spacial score (nSPS) is 17.5. The second-order valence-electron chi connectivity index (χ2n) is 7.94. The monoisotopic (exact) mass is 429 g/mol. The molecule has 1 aliphatic heterocycles. The predicted octanol–water partition coefficient (Wildman–Crippen LogP) is 3.79. The Morgan fingerprint density at radius 2 is 1.83 bits per heavy atom. The van der Waals surface area contributed by atoms with Crippen LogP contribution in [0.25, 0.3) is 0 Å². The number of para-hydroxylation sites is 1. The fraction of sp³-hybridized carbons (Fsp3) is 0.435. The quantitative estimate of drug-likeness (QED) is 0.626. The van der Waals surface area contributed by atoms with Crippen LogP contribution in [0.5, 0.6) is 0 Å². The summed E-state index contributed by atoms with van der Waals surface area (Å²) in [7, 11) is -3.70. The summed E-state index contributed by atoms with van der Waals surface area (Å²) in [4.78, 5) is 15.0. The van der Waals surface area contributed by atoms with Gasteiger partial charge >= 0.3 is 0 Å². The van der Waals surface area contributed by atoms with Gasteiger partial charge in [-0.15, -0.1) is 0 Å². The summed E-state index contributed by atoms with van der Waals surface area (Å²) in [6, 6.07) is 13.9. The number of carbonyl (C=O) groups excluding carboxylic acids is 1. The third-order valence-corrected chi connectivity index (χ3v) is 7.05. The molecule has 6 nitrogen and oxygen atoms in total. The van der Waals surface area contributed by atoms with E-state index < -0.39 is 10.0 Å². The van der Waals surface area contributed by atoms with Crippen LogP contribution in [0.3, 0.4) is 0 Å². The molecule has 1 aliphatic rings. The summed E-state index contributed by atoms with van der Waals surface area (Å²) in [6.45, 7) is 6.85. The summed E-state index contributed by atoms with van der Waals surface area (Å²) < 4.78 is 27.8. The second kappa shape index (κ2) is 10.1. The number of carbonyl (C=O) groups is 1. The summed E-state index contributed by atoms with van der Waals surface area (Å²) in [6.07, 6.45) is 4.72. The molecule has 0 radical (unpaired) electrons. The molecular formula is C23H31N3O3S.